The maximum Gasteiger partial charge on any atom is 0.160 e. The van der Waals surface area contributed by atoms with Gasteiger partial charge in [0.15, 0.2) is 11.5 Å². The lowest BCUT2D eigenvalue weighted by atomic mass is 10.0. The maximum absolute atomic E-state index is 10.6. The molecule has 0 aliphatic carbocycles. The van der Waals surface area contributed by atoms with E-state index in [9.17, 15) is 5.11 Å². The van der Waals surface area contributed by atoms with Crippen molar-refractivity contribution in [2.75, 3.05) is 20.8 Å². The standard InChI is InChI=1S/C22H30O4/c1-16-9-11-20(13-17(16)2)26-15-19(23)8-6-5-7-18-10-12-21(24-3)22(14-18)25-4/h9-14,19,23H,5-8,15H2,1-4H3/i4D3,8D2,9D,10D,11D,12D,13D,14D,19D. The van der Waals surface area contributed by atoms with Crippen LogP contribution < -0.4 is 14.2 Å². The molecule has 4 nitrogen and oxygen atoms in total. The first kappa shape index (κ1) is 9.14. The Hall–Kier alpha value is -2.20. The summed E-state index contributed by atoms with van der Waals surface area (Å²) in [6.45, 7) is 2.20. The van der Waals surface area contributed by atoms with Crippen molar-refractivity contribution in [3.05, 3.63) is 52.9 Å². The molecule has 0 spiro atoms. The van der Waals surface area contributed by atoms with E-state index in [1.165, 1.54) is 0 Å². The van der Waals surface area contributed by atoms with E-state index in [-0.39, 0.29) is 36.2 Å². The smallest absolute Gasteiger partial charge is 0.160 e. The van der Waals surface area contributed by atoms with Crippen molar-refractivity contribution >= 4 is 0 Å². The van der Waals surface area contributed by atoms with E-state index in [2.05, 4.69) is 0 Å². The quantitative estimate of drug-likeness (QED) is 0.670. The summed E-state index contributed by atoms with van der Waals surface area (Å²) in [6, 6.07) is -2.24. The van der Waals surface area contributed by atoms with E-state index in [4.69, 9.17) is 30.7 Å². The van der Waals surface area contributed by atoms with Gasteiger partial charge >= 0.3 is 0 Å². The van der Waals surface area contributed by atoms with E-state index in [1.807, 2.05) is 0 Å². The molecule has 0 saturated carbocycles. The Morgan fingerprint density at radius 1 is 1.12 bits per heavy atom. The summed E-state index contributed by atoms with van der Waals surface area (Å²) in [5.74, 6) is -1.28. The fourth-order valence-corrected chi connectivity index (χ4v) is 2.06. The van der Waals surface area contributed by atoms with Crippen molar-refractivity contribution < 1.29 is 35.8 Å². The molecule has 1 atom stereocenters. The highest BCUT2D eigenvalue weighted by atomic mass is 16.5. The molecule has 0 radical (unpaired) electrons. The predicted octanol–water partition coefficient (Wildman–Crippen LogP) is 4.47. The van der Waals surface area contributed by atoms with Gasteiger partial charge in [0, 0.05) is 2.74 Å². The molecule has 0 aromatic heterocycles. The highest BCUT2D eigenvalue weighted by Gasteiger charge is 2.07. The Morgan fingerprint density at radius 2 is 1.96 bits per heavy atom. The summed E-state index contributed by atoms with van der Waals surface area (Å²) >= 11 is 0. The second-order valence-electron chi connectivity index (χ2n) is 5.54. The Bertz CT molecular complexity index is 1170. The van der Waals surface area contributed by atoms with Crippen molar-refractivity contribution in [2.24, 2.45) is 0 Å². The van der Waals surface area contributed by atoms with Gasteiger partial charge < -0.3 is 19.3 Å². The summed E-state index contributed by atoms with van der Waals surface area (Å²) in [5.41, 5.74) is 0.699. The molecule has 1 unspecified atom stereocenters. The SMILES string of the molecule is [2H]c1c([2H])c(OCC([2H])(O)C([2H])([2H])CCCc2c([2H])c([2H])c(OC)c(OC([2H])([2H])[2H])c2[2H])c([2H])c(C)c1C. The van der Waals surface area contributed by atoms with Crippen molar-refractivity contribution in [2.45, 2.75) is 45.6 Å². The van der Waals surface area contributed by atoms with E-state index >= 15 is 0 Å². The lowest BCUT2D eigenvalue weighted by molar-refractivity contribution is 0.0976. The van der Waals surface area contributed by atoms with Crippen LogP contribution in [-0.4, -0.2) is 31.9 Å². The molecule has 0 fully saturated rings. The average molecular weight is 371 g/mol. The number of benzene rings is 2. The lowest BCUT2D eigenvalue weighted by Gasteiger charge is -2.13. The fourth-order valence-electron chi connectivity index (χ4n) is 2.06. The van der Waals surface area contributed by atoms with Gasteiger partial charge in [-0.2, -0.15) is 0 Å². The van der Waals surface area contributed by atoms with Gasteiger partial charge in [0.25, 0.3) is 0 Å². The molecule has 2 rings (SSSR count). The number of hydrogen-bond acceptors (Lipinski definition) is 4. The summed E-state index contributed by atoms with van der Waals surface area (Å²) < 4.78 is 110. The number of hydrogen-bond donors (Lipinski definition) is 1. The molecule has 0 amide bonds. The molecule has 26 heavy (non-hydrogen) atoms. The summed E-state index contributed by atoms with van der Waals surface area (Å²) in [5, 5.41) is 10.6. The van der Waals surface area contributed by atoms with E-state index in [1.54, 1.807) is 13.8 Å². The third-order valence-corrected chi connectivity index (χ3v) is 3.62. The van der Waals surface area contributed by atoms with Gasteiger partial charge in [-0.15, -0.1) is 0 Å². The zero-order valence-corrected chi connectivity index (χ0v) is 15.0. The number of aliphatic hydroxyl groups is 1. The summed E-state index contributed by atoms with van der Waals surface area (Å²) in [7, 11) is -1.82. The van der Waals surface area contributed by atoms with Gasteiger partial charge in [-0.3, -0.25) is 0 Å². The zero-order valence-electron chi connectivity index (χ0n) is 27.0. The van der Waals surface area contributed by atoms with Crippen LogP contribution >= 0.6 is 0 Å². The van der Waals surface area contributed by atoms with Crippen LogP contribution in [0.2, 0.25) is 0 Å². The molecule has 0 bridgehead atoms. The van der Waals surface area contributed by atoms with Gasteiger partial charge in [-0.1, -0.05) is 18.5 Å². The molecular formula is C22H30O4. The van der Waals surface area contributed by atoms with Gasteiger partial charge in [-0.25, -0.2) is 0 Å². The number of ether oxygens (including phenoxy) is 3. The Balaban J connectivity index is 2.23. The van der Waals surface area contributed by atoms with Crippen molar-refractivity contribution in [1.82, 2.24) is 0 Å². The van der Waals surface area contributed by atoms with Crippen molar-refractivity contribution in [3.63, 3.8) is 0 Å². The minimum absolute atomic E-state index is 0.0913. The minimum Gasteiger partial charge on any atom is -0.493 e. The van der Waals surface area contributed by atoms with E-state index in [0.29, 0.717) is 11.1 Å². The minimum atomic E-state index is -2.95. The molecule has 1 N–H and O–H groups in total. The largest absolute Gasteiger partial charge is 0.493 e. The third-order valence-electron chi connectivity index (χ3n) is 3.62. The van der Waals surface area contributed by atoms with Gasteiger partial charge in [0.2, 0.25) is 0 Å². The predicted molar refractivity (Wildman–Crippen MR) is 105 cm³/mol. The molecular weight excluding hydrogens is 328 g/mol. The Morgan fingerprint density at radius 3 is 2.73 bits per heavy atom. The molecule has 0 aliphatic rings. The van der Waals surface area contributed by atoms with Crippen LogP contribution in [0.15, 0.2) is 36.3 Å². The van der Waals surface area contributed by atoms with Crippen molar-refractivity contribution in [1.29, 1.82) is 0 Å². The molecule has 0 aliphatic heterocycles. The second kappa shape index (κ2) is 10.1. The van der Waals surface area contributed by atoms with Crippen LogP contribution in [0.4, 0.5) is 0 Å². The first-order chi connectivity index (χ1) is 17.3. The average Bonchev–Trinajstić information content (AvgIpc) is 2.81. The summed E-state index contributed by atoms with van der Waals surface area (Å²) in [6.07, 6.45) is -6.18. The third kappa shape index (κ3) is 5.95. The van der Waals surface area contributed by atoms with Crippen LogP contribution in [0.25, 0.3) is 0 Å². The lowest BCUT2D eigenvalue weighted by Crippen LogP contribution is -2.17. The molecule has 0 heterocycles. The fraction of sp³-hybridized carbons (Fsp3) is 0.455. The molecule has 0 saturated heterocycles. The molecule has 2 aromatic carbocycles. The Labute approximate surface area is 173 Å². The van der Waals surface area contributed by atoms with Crippen LogP contribution in [0, 0.1) is 13.8 Å². The van der Waals surface area contributed by atoms with Crippen molar-refractivity contribution in [3.8, 4) is 17.2 Å². The van der Waals surface area contributed by atoms with Gasteiger partial charge in [-0.05, 0) is 73.9 Å². The first-order valence-corrected chi connectivity index (χ1v) is 8.05. The second-order valence-corrected chi connectivity index (χ2v) is 5.54. The van der Waals surface area contributed by atoms with E-state index < -0.39 is 68.2 Å². The Kier molecular flexibility index (Phi) is 3.54. The molecule has 4 heteroatoms. The van der Waals surface area contributed by atoms with Gasteiger partial charge in [0.05, 0.1) is 33.9 Å². The topological polar surface area (TPSA) is 47.9 Å². The monoisotopic (exact) mass is 370 g/mol. The molecule has 142 valence electrons. The normalized spacial score (nSPS) is 20.8. The van der Waals surface area contributed by atoms with Crippen LogP contribution in [0.5, 0.6) is 17.2 Å². The maximum atomic E-state index is 10.6. The van der Waals surface area contributed by atoms with Crippen LogP contribution in [0.1, 0.15) is 52.4 Å². The number of methoxy groups -OCH3 is 2. The highest BCUT2D eigenvalue weighted by Crippen LogP contribution is 2.28. The van der Waals surface area contributed by atoms with Gasteiger partial charge in [0.1, 0.15) is 12.4 Å². The zero-order chi connectivity index (χ0) is 29.4. The van der Waals surface area contributed by atoms with E-state index in [0.717, 1.165) is 7.11 Å². The first-order valence-electron chi connectivity index (χ1n) is 14.0. The molecule has 2 aromatic rings. The summed E-state index contributed by atoms with van der Waals surface area (Å²) in [4.78, 5) is 0. The van der Waals surface area contributed by atoms with Crippen LogP contribution in [-0.2, 0) is 6.42 Å². The van der Waals surface area contributed by atoms with Crippen LogP contribution in [0.3, 0.4) is 0 Å². The number of rotatable bonds is 10. The highest BCUT2D eigenvalue weighted by molar-refractivity contribution is 5.42.